The Bertz CT molecular complexity index is 354. The number of hydrogen-bond donors (Lipinski definition) is 3. The zero-order valence-electron chi connectivity index (χ0n) is 11.9. The molecule has 102 valence electrons. The van der Waals surface area contributed by atoms with Gasteiger partial charge in [-0.05, 0) is 36.6 Å². The van der Waals surface area contributed by atoms with Crippen molar-refractivity contribution in [2.45, 2.75) is 44.8 Å². The predicted molar refractivity (Wildman–Crippen MR) is 76.6 cm³/mol. The normalized spacial score (nSPS) is 15.4. The van der Waals surface area contributed by atoms with E-state index in [4.69, 9.17) is 5.73 Å². The van der Waals surface area contributed by atoms with E-state index < -0.39 is 6.10 Å². The molecule has 0 aliphatic carbocycles. The van der Waals surface area contributed by atoms with E-state index in [0.717, 1.165) is 12.0 Å². The fourth-order valence-electron chi connectivity index (χ4n) is 2.05. The Morgan fingerprint density at radius 1 is 1.22 bits per heavy atom. The van der Waals surface area contributed by atoms with Gasteiger partial charge in [-0.1, -0.05) is 45.0 Å². The Labute approximate surface area is 110 Å². The molecular weight excluding hydrogens is 224 g/mol. The molecule has 2 unspecified atom stereocenters. The van der Waals surface area contributed by atoms with Gasteiger partial charge in [-0.2, -0.15) is 0 Å². The van der Waals surface area contributed by atoms with Crippen LogP contribution in [-0.4, -0.2) is 24.7 Å². The molecule has 0 aromatic heterocycles. The zero-order valence-corrected chi connectivity index (χ0v) is 11.9. The lowest BCUT2D eigenvalue weighted by Gasteiger charge is -2.24. The van der Waals surface area contributed by atoms with E-state index in [1.165, 1.54) is 5.56 Å². The van der Waals surface area contributed by atoms with Crippen molar-refractivity contribution in [1.82, 2.24) is 5.32 Å². The van der Waals surface area contributed by atoms with Crippen LogP contribution in [0.4, 0.5) is 0 Å². The third-order valence-electron chi connectivity index (χ3n) is 3.35. The maximum absolute atomic E-state index is 10.3. The quantitative estimate of drug-likeness (QED) is 0.748. The lowest BCUT2D eigenvalue weighted by Crippen LogP contribution is -2.34. The van der Waals surface area contributed by atoms with Gasteiger partial charge in [0.25, 0.3) is 0 Å². The Morgan fingerprint density at radius 2 is 1.78 bits per heavy atom. The highest BCUT2D eigenvalue weighted by Crippen LogP contribution is 2.25. The summed E-state index contributed by atoms with van der Waals surface area (Å²) >= 11 is 0. The SMILES string of the molecule is CNC(CCN)C(O)c1ccc(C(C)(C)C)cc1. The third kappa shape index (κ3) is 3.80. The summed E-state index contributed by atoms with van der Waals surface area (Å²) in [5, 5.41) is 13.4. The van der Waals surface area contributed by atoms with Gasteiger partial charge in [-0.25, -0.2) is 0 Å². The van der Waals surface area contributed by atoms with E-state index in [1.54, 1.807) is 0 Å². The van der Waals surface area contributed by atoms with Crippen LogP contribution < -0.4 is 11.1 Å². The summed E-state index contributed by atoms with van der Waals surface area (Å²) in [6.45, 7) is 7.12. The second kappa shape index (κ2) is 6.32. The molecule has 0 radical (unpaired) electrons. The van der Waals surface area contributed by atoms with Gasteiger partial charge in [0.15, 0.2) is 0 Å². The topological polar surface area (TPSA) is 58.3 Å². The van der Waals surface area contributed by atoms with Crippen LogP contribution in [0.15, 0.2) is 24.3 Å². The highest BCUT2D eigenvalue weighted by Gasteiger charge is 2.19. The molecule has 3 nitrogen and oxygen atoms in total. The molecule has 0 spiro atoms. The molecule has 0 amide bonds. The fourth-order valence-corrected chi connectivity index (χ4v) is 2.05. The van der Waals surface area contributed by atoms with Gasteiger partial charge in [-0.15, -0.1) is 0 Å². The van der Waals surface area contributed by atoms with E-state index >= 15 is 0 Å². The first-order valence-electron chi connectivity index (χ1n) is 6.56. The van der Waals surface area contributed by atoms with Crippen LogP contribution in [-0.2, 0) is 5.41 Å². The molecule has 3 heteroatoms. The molecule has 1 aromatic carbocycles. The molecule has 1 aromatic rings. The van der Waals surface area contributed by atoms with Crippen LogP contribution in [0.2, 0.25) is 0 Å². The molecule has 0 saturated heterocycles. The average Bonchev–Trinajstić information content (AvgIpc) is 2.34. The Morgan fingerprint density at radius 3 is 2.17 bits per heavy atom. The van der Waals surface area contributed by atoms with Gasteiger partial charge < -0.3 is 16.2 Å². The molecular formula is C15H26N2O. The van der Waals surface area contributed by atoms with Crippen molar-refractivity contribution in [1.29, 1.82) is 0 Å². The standard InChI is InChI=1S/C15H26N2O/c1-15(2,3)12-7-5-11(6-8-12)14(18)13(17-4)9-10-16/h5-8,13-14,17-18H,9-10,16H2,1-4H3. The molecule has 0 heterocycles. The zero-order chi connectivity index (χ0) is 13.8. The third-order valence-corrected chi connectivity index (χ3v) is 3.35. The monoisotopic (exact) mass is 250 g/mol. The van der Waals surface area contributed by atoms with E-state index in [2.05, 4.69) is 38.2 Å². The molecule has 4 N–H and O–H groups in total. The van der Waals surface area contributed by atoms with E-state index in [9.17, 15) is 5.11 Å². The number of rotatable bonds is 5. The van der Waals surface area contributed by atoms with Gasteiger partial charge in [0.2, 0.25) is 0 Å². The highest BCUT2D eigenvalue weighted by atomic mass is 16.3. The van der Waals surface area contributed by atoms with Crippen molar-refractivity contribution in [3.05, 3.63) is 35.4 Å². The molecule has 0 fully saturated rings. The van der Waals surface area contributed by atoms with Crippen LogP contribution in [0.25, 0.3) is 0 Å². The number of likely N-dealkylation sites (N-methyl/N-ethyl adjacent to an activating group) is 1. The maximum atomic E-state index is 10.3. The van der Waals surface area contributed by atoms with Crippen LogP contribution in [0, 0.1) is 0 Å². The molecule has 18 heavy (non-hydrogen) atoms. The van der Waals surface area contributed by atoms with Gasteiger partial charge >= 0.3 is 0 Å². The predicted octanol–water partition coefficient (Wildman–Crippen LogP) is 1.95. The minimum atomic E-state index is -0.507. The van der Waals surface area contributed by atoms with Crippen LogP contribution >= 0.6 is 0 Å². The fraction of sp³-hybridized carbons (Fsp3) is 0.600. The number of nitrogens with one attached hydrogen (secondary N) is 1. The van der Waals surface area contributed by atoms with Crippen LogP contribution in [0.5, 0.6) is 0 Å². The van der Waals surface area contributed by atoms with Gasteiger partial charge in [0, 0.05) is 6.04 Å². The molecule has 2 atom stereocenters. The van der Waals surface area contributed by atoms with Gasteiger partial charge in [0.05, 0.1) is 6.10 Å². The molecule has 0 saturated carbocycles. The average molecular weight is 250 g/mol. The molecule has 0 aliphatic heterocycles. The number of nitrogens with two attached hydrogens (primary N) is 1. The minimum absolute atomic E-state index is 0.00971. The van der Waals surface area contributed by atoms with Crippen molar-refractivity contribution in [3.8, 4) is 0 Å². The van der Waals surface area contributed by atoms with Crippen LogP contribution in [0.1, 0.15) is 44.4 Å². The van der Waals surface area contributed by atoms with Gasteiger partial charge in [0.1, 0.15) is 0 Å². The lowest BCUT2D eigenvalue weighted by molar-refractivity contribution is 0.129. The second-order valence-corrected chi connectivity index (χ2v) is 5.79. The second-order valence-electron chi connectivity index (χ2n) is 5.79. The van der Waals surface area contributed by atoms with Crippen molar-refractivity contribution in [3.63, 3.8) is 0 Å². The Balaban J connectivity index is 2.84. The Kier molecular flexibility index (Phi) is 5.32. The van der Waals surface area contributed by atoms with Gasteiger partial charge in [-0.3, -0.25) is 0 Å². The van der Waals surface area contributed by atoms with Crippen molar-refractivity contribution >= 4 is 0 Å². The number of benzene rings is 1. The summed E-state index contributed by atoms with van der Waals surface area (Å²) in [4.78, 5) is 0. The summed E-state index contributed by atoms with van der Waals surface area (Å²) in [6.07, 6.45) is 0.256. The number of aliphatic hydroxyl groups excluding tert-OH is 1. The Hall–Kier alpha value is -0.900. The largest absolute Gasteiger partial charge is 0.387 e. The molecule has 0 bridgehead atoms. The van der Waals surface area contributed by atoms with E-state index in [1.807, 2.05) is 19.2 Å². The van der Waals surface area contributed by atoms with Crippen molar-refractivity contribution in [2.24, 2.45) is 5.73 Å². The van der Waals surface area contributed by atoms with E-state index in [0.29, 0.717) is 6.54 Å². The van der Waals surface area contributed by atoms with Crippen LogP contribution in [0.3, 0.4) is 0 Å². The van der Waals surface area contributed by atoms with E-state index in [-0.39, 0.29) is 11.5 Å². The highest BCUT2D eigenvalue weighted by molar-refractivity contribution is 5.29. The smallest absolute Gasteiger partial charge is 0.0943 e. The summed E-state index contributed by atoms with van der Waals surface area (Å²) in [7, 11) is 1.85. The molecule has 0 aliphatic rings. The minimum Gasteiger partial charge on any atom is -0.387 e. The lowest BCUT2D eigenvalue weighted by atomic mass is 9.86. The first-order valence-corrected chi connectivity index (χ1v) is 6.56. The summed E-state index contributed by atoms with van der Waals surface area (Å²) in [5.41, 5.74) is 7.91. The summed E-state index contributed by atoms with van der Waals surface area (Å²) in [6, 6.07) is 8.20. The van der Waals surface area contributed by atoms with Crippen molar-refractivity contribution in [2.75, 3.05) is 13.6 Å². The van der Waals surface area contributed by atoms with Crippen molar-refractivity contribution < 1.29 is 5.11 Å². The maximum Gasteiger partial charge on any atom is 0.0943 e. The summed E-state index contributed by atoms with van der Waals surface area (Å²) in [5.74, 6) is 0. The first-order chi connectivity index (χ1) is 8.40. The number of aliphatic hydroxyl groups is 1. The summed E-state index contributed by atoms with van der Waals surface area (Å²) < 4.78 is 0. The molecule has 1 rings (SSSR count). The first kappa shape index (κ1) is 15.2. The number of hydrogen-bond acceptors (Lipinski definition) is 3.